The Morgan fingerprint density at radius 1 is 1.19 bits per heavy atom. The maximum Gasteiger partial charge on any atom is 0.137 e. The van der Waals surface area contributed by atoms with Gasteiger partial charge in [0.25, 0.3) is 0 Å². The molecule has 1 saturated heterocycles. The zero-order chi connectivity index (χ0) is 21.8. The fraction of sp³-hybridized carbons (Fsp3) is 0.583. The van der Waals surface area contributed by atoms with Crippen molar-refractivity contribution in [3.05, 3.63) is 59.7 Å². The molecule has 0 unspecified atom stereocenters. The van der Waals surface area contributed by atoms with E-state index in [1.165, 1.54) is 67.1 Å². The number of halogens is 2. The number of rotatable bonds is 6. The summed E-state index contributed by atoms with van der Waals surface area (Å²) in [4.78, 5) is 6.15. The third-order valence-corrected chi connectivity index (χ3v) is 7.07. The van der Waals surface area contributed by atoms with E-state index in [9.17, 15) is 13.9 Å². The number of benzene rings is 1. The molecule has 2 fully saturated rings. The van der Waals surface area contributed by atoms with Crippen molar-refractivity contribution >= 4 is 0 Å². The molecule has 168 valence electrons. The van der Waals surface area contributed by atoms with Gasteiger partial charge in [-0.15, -0.1) is 0 Å². The molecule has 31 heavy (non-hydrogen) atoms. The van der Waals surface area contributed by atoms with Crippen LogP contribution >= 0.6 is 0 Å². The fourth-order valence-electron chi connectivity index (χ4n) is 5.15. The molecule has 1 saturated carbocycles. The highest BCUT2D eigenvalue weighted by Crippen LogP contribution is 2.35. The summed E-state index contributed by atoms with van der Waals surface area (Å²) in [7, 11) is 0. The maximum atomic E-state index is 14.8. The molecule has 4 rings (SSSR count). The van der Waals surface area contributed by atoms with E-state index in [0.29, 0.717) is 5.92 Å². The molecule has 1 aromatic carbocycles. The molecule has 2 atom stereocenters. The number of piperidine rings is 1. The summed E-state index contributed by atoms with van der Waals surface area (Å²) in [5.41, 5.74) is 0.0133. The topological polar surface area (TPSA) is 54.2 Å². The van der Waals surface area contributed by atoms with Gasteiger partial charge in [-0.1, -0.05) is 37.0 Å². The van der Waals surface area contributed by atoms with Gasteiger partial charge in [0, 0.05) is 30.8 Å². The van der Waals surface area contributed by atoms with Gasteiger partial charge in [0.15, 0.2) is 0 Å². The SMILES string of the molecule is C[C@@H](N1CCC(=CC2CCCCC2)CC1)[C@](O)(Cn1cncn1)c1ccc(F)cc1F. The lowest BCUT2D eigenvalue weighted by molar-refractivity contribution is -0.0657. The molecule has 7 heteroatoms. The van der Waals surface area contributed by atoms with Crippen LogP contribution in [0.25, 0.3) is 0 Å². The van der Waals surface area contributed by atoms with Gasteiger partial charge in [0.2, 0.25) is 0 Å². The summed E-state index contributed by atoms with van der Waals surface area (Å²) in [6.07, 6.45) is 13.9. The highest BCUT2D eigenvalue weighted by molar-refractivity contribution is 5.27. The normalized spacial score (nSPS) is 21.6. The zero-order valence-electron chi connectivity index (χ0n) is 18.2. The standard InChI is InChI=1S/C24H32F2N4O/c1-18(29-11-9-20(10-12-29)13-19-5-3-2-4-6-19)24(31,15-30-17-27-16-28-30)22-8-7-21(25)14-23(22)26/h7-8,13-14,16-19,31H,2-6,9-12,15H2,1H3/t18-,24-/m1/s1. The van der Waals surface area contributed by atoms with E-state index in [2.05, 4.69) is 21.1 Å². The number of aromatic nitrogens is 3. The van der Waals surface area contributed by atoms with Crippen LogP contribution < -0.4 is 0 Å². The highest BCUT2D eigenvalue weighted by Gasteiger charge is 2.42. The average Bonchev–Trinajstić information content (AvgIpc) is 3.27. The molecule has 1 aromatic heterocycles. The highest BCUT2D eigenvalue weighted by atomic mass is 19.1. The first-order valence-electron chi connectivity index (χ1n) is 11.4. The van der Waals surface area contributed by atoms with Gasteiger partial charge in [0.1, 0.15) is 29.9 Å². The minimum absolute atomic E-state index is 0.0397. The second-order valence-corrected chi connectivity index (χ2v) is 9.08. The van der Waals surface area contributed by atoms with Crippen LogP contribution in [0.5, 0.6) is 0 Å². The van der Waals surface area contributed by atoms with Gasteiger partial charge in [-0.3, -0.25) is 4.90 Å². The molecule has 0 spiro atoms. The molecule has 2 heterocycles. The number of nitrogens with zero attached hydrogens (tertiary/aromatic N) is 4. The van der Waals surface area contributed by atoms with Gasteiger partial charge in [-0.05, 0) is 44.6 Å². The third kappa shape index (κ3) is 5.04. The van der Waals surface area contributed by atoms with Gasteiger partial charge in [-0.2, -0.15) is 5.10 Å². The first kappa shape index (κ1) is 22.1. The van der Waals surface area contributed by atoms with Crippen LogP contribution in [0.1, 0.15) is 57.4 Å². The molecular weight excluding hydrogens is 398 g/mol. The lowest BCUT2D eigenvalue weighted by Gasteiger charge is -2.43. The molecule has 1 N–H and O–H groups in total. The number of hydrogen-bond donors (Lipinski definition) is 1. The van der Waals surface area contributed by atoms with E-state index in [4.69, 9.17) is 0 Å². The Morgan fingerprint density at radius 2 is 1.94 bits per heavy atom. The van der Waals surface area contributed by atoms with Gasteiger partial charge < -0.3 is 5.11 Å². The molecule has 0 radical (unpaired) electrons. The average molecular weight is 431 g/mol. The summed E-state index contributed by atoms with van der Waals surface area (Å²) in [5.74, 6) is -0.692. The van der Waals surface area contributed by atoms with Crippen LogP contribution in [0.3, 0.4) is 0 Å². The number of likely N-dealkylation sites (tertiary alicyclic amines) is 1. The van der Waals surface area contributed by atoms with Crippen LogP contribution in [0.15, 0.2) is 42.5 Å². The van der Waals surface area contributed by atoms with Crippen LogP contribution in [0, 0.1) is 17.6 Å². The van der Waals surface area contributed by atoms with Crippen molar-refractivity contribution < 1.29 is 13.9 Å². The van der Waals surface area contributed by atoms with Crippen molar-refractivity contribution in [1.29, 1.82) is 0 Å². The Morgan fingerprint density at radius 3 is 2.58 bits per heavy atom. The van der Waals surface area contributed by atoms with E-state index in [0.717, 1.165) is 32.0 Å². The third-order valence-electron chi connectivity index (χ3n) is 7.07. The van der Waals surface area contributed by atoms with Crippen molar-refractivity contribution in [3.8, 4) is 0 Å². The molecular formula is C24H32F2N4O. The predicted molar refractivity (Wildman–Crippen MR) is 115 cm³/mol. The van der Waals surface area contributed by atoms with Crippen LogP contribution in [-0.4, -0.2) is 43.9 Å². The van der Waals surface area contributed by atoms with Crippen LogP contribution in [-0.2, 0) is 12.1 Å². The summed E-state index contributed by atoms with van der Waals surface area (Å²) >= 11 is 0. The van der Waals surface area contributed by atoms with Crippen molar-refractivity contribution in [2.24, 2.45) is 5.92 Å². The summed E-state index contributed by atoms with van der Waals surface area (Å²) in [5, 5.41) is 15.9. The zero-order valence-corrected chi connectivity index (χ0v) is 18.2. The molecule has 0 bridgehead atoms. The lowest BCUT2D eigenvalue weighted by atomic mass is 9.83. The van der Waals surface area contributed by atoms with Crippen molar-refractivity contribution in [2.75, 3.05) is 13.1 Å². The Hall–Kier alpha value is -2.12. The summed E-state index contributed by atoms with van der Waals surface area (Å²) in [6.45, 7) is 3.57. The number of aliphatic hydroxyl groups is 1. The van der Waals surface area contributed by atoms with E-state index in [1.807, 2.05) is 6.92 Å². The van der Waals surface area contributed by atoms with Gasteiger partial charge in [-0.25, -0.2) is 18.4 Å². The Bertz CT molecular complexity index is 885. The van der Waals surface area contributed by atoms with E-state index < -0.39 is 17.2 Å². The first-order chi connectivity index (χ1) is 15.0. The Kier molecular flexibility index (Phi) is 6.82. The summed E-state index contributed by atoms with van der Waals surface area (Å²) in [6, 6.07) is 2.98. The number of allylic oxidation sites excluding steroid dienone is 1. The lowest BCUT2D eigenvalue weighted by Crippen LogP contribution is -2.53. The molecule has 1 aliphatic carbocycles. The van der Waals surface area contributed by atoms with Crippen molar-refractivity contribution in [1.82, 2.24) is 19.7 Å². The predicted octanol–water partition coefficient (Wildman–Crippen LogP) is 4.44. The van der Waals surface area contributed by atoms with Gasteiger partial charge in [0.05, 0.1) is 6.54 Å². The molecule has 0 amide bonds. The second-order valence-electron chi connectivity index (χ2n) is 9.08. The van der Waals surface area contributed by atoms with E-state index in [1.54, 1.807) is 0 Å². The van der Waals surface area contributed by atoms with Crippen LogP contribution in [0.4, 0.5) is 8.78 Å². The van der Waals surface area contributed by atoms with Crippen LogP contribution in [0.2, 0.25) is 0 Å². The largest absolute Gasteiger partial charge is 0.381 e. The van der Waals surface area contributed by atoms with Crippen molar-refractivity contribution in [2.45, 2.75) is 70.1 Å². The van der Waals surface area contributed by atoms with Crippen molar-refractivity contribution in [3.63, 3.8) is 0 Å². The quantitative estimate of drug-likeness (QED) is 0.689. The monoisotopic (exact) mass is 430 g/mol. The number of hydrogen-bond acceptors (Lipinski definition) is 4. The molecule has 1 aliphatic heterocycles. The minimum atomic E-state index is -1.57. The van der Waals surface area contributed by atoms with Gasteiger partial charge >= 0.3 is 0 Å². The second kappa shape index (κ2) is 9.57. The Balaban J connectivity index is 1.52. The maximum absolute atomic E-state index is 14.8. The first-order valence-corrected chi connectivity index (χ1v) is 11.4. The van der Waals surface area contributed by atoms with E-state index >= 15 is 0 Å². The molecule has 2 aromatic rings. The molecule has 2 aliphatic rings. The minimum Gasteiger partial charge on any atom is -0.381 e. The fourth-order valence-corrected chi connectivity index (χ4v) is 5.15. The Labute approximate surface area is 182 Å². The van der Waals surface area contributed by atoms with E-state index in [-0.39, 0.29) is 18.2 Å². The summed E-state index contributed by atoms with van der Waals surface area (Å²) < 4.78 is 29.8. The smallest absolute Gasteiger partial charge is 0.137 e. The molecule has 5 nitrogen and oxygen atoms in total.